The van der Waals surface area contributed by atoms with Gasteiger partial charge in [0.1, 0.15) is 11.5 Å². The van der Waals surface area contributed by atoms with Crippen LogP contribution in [0.1, 0.15) is 61.0 Å². The van der Waals surface area contributed by atoms with Gasteiger partial charge < -0.3 is 24.4 Å². The quantitative estimate of drug-likeness (QED) is 0.280. The second-order valence-corrected chi connectivity index (χ2v) is 10.6. The molecule has 1 atom stereocenters. The van der Waals surface area contributed by atoms with Crippen LogP contribution in [0.5, 0.6) is 11.5 Å². The van der Waals surface area contributed by atoms with Crippen molar-refractivity contribution in [2.24, 2.45) is 5.92 Å². The van der Waals surface area contributed by atoms with Gasteiger partial charge in [0.05, 0.1) is 18.1 Å². The third-order valence-corrected chi connectivity index (χ3v) is 6.81. The highest BCUT2D eigenvalue weighted by molar-refractivity contribution is 6.00. The Bertz CT molecular complexity index is 1430. The predicted octanol–water partition coefficient (Wildman–Crippen LogP) is 6.01. The summed E-state index contributed by atoms with van der Waals surface area (Å²) >= 11 is 0. The molecule has 42 heavy (non-hydrogen) atoms. The van der Waals surface area contributed by atoms with Crippen molar-refractivity contribution in [1.82, 2.24) is 0 Å². The summed E-state index contributed by atoms with van der Waals surface area (Å²) in [6, 6.07) is 19.5. The maximum atomic E-state index is 12.7. The molecule has 9 nitrogen and oxygen atoms in total. The van der Waals surface area contributed by atoms with Crippen LogP contribution in [-0.2, 0) is 23.9 Å². The summed E-state index contributed by atoms with van der Waals surface area (Å²) in [6.07, 6.45) is 0.720. The number of aryl methyl sites for hydroxylation is 1. The molecule has 1 N–H and O–H groups in total. The number of anilines is 2. The van der Waals surface area contributed by atoms with Crippen LogP contribution >= 0.6 is 0 Å². The Balaban J connectivity index is 1.27. The van der Waals surface area contributed by atoms with Gasteiger partial charge in [-0.15, -0.1) is 0 Å². The van der Waals surface area contributed by atoms with Crippen molar-refractivity contribution in [1.29, 1.82) is 0 Å². The van der Waals surface area contributed by atoms with Crippen LogP contribution in [0.15, 0.2) is 66.7 Å². The summed E-state index contributed by atoms with van der Waals surface area (Å²) in [6.45, 7) is 8.15. The van der Waals surface area contributed by atoms with Gasteiger partial charge >= 0.3 is 11.9 Å². The molecule has 0 spiro atoms. The Morgan fingerprint density at radius 2 is 1.69 bits per heavy atom. The third-order valence-electron chi connectivity index (χ3n) is 6.81. The lowest BCUT2D eigenvalue weighted by Crippen LogP contribution is -2.28. The highest BCUT2D eigenvalue weighted by Crippen LogP contribution is 2.33. The standard InChI is InChI=1S/C33H36N2O7/c1-5-16-40-32(38)23-7-9-25(10-8-23)34-30(36)20-41-33(39)24-18-31(37)35(19-24)26-11-13-27(14-12-26)42-29-17-22(4)6-15-28(29)21(2)3/h6-15,17,21,24H,5,16,18-20H2,1-4H3,(H,34,36)/t24-/m0/s1. The molecule has 9 heteroatoms. The maximum absolute atomic E-state index is 12.7. The van der Waals surface area contributed by atoms with Gasteiger partial charge in [-0.2, -0.15) is 0 Å². The van der Waals surface area contributed by atoms with Gasteiger partial charge in [-0.05, 0) is 85.0 Å². The Hall–Kier alpha value is -4.66. The van der Waals surface area contributed by atoms with Gasteiger partial charge in [0.15, 0.2) is 6.61 Å². The first-order valence-electron chi connectivity index (χ1n) is 14.1. The third kappa shape index (κ3) is 7.75. The fraction of sp³-hybridized carbons (Fsp3) is 0.333. The van der Waals surface area contributed by atoms with E-state index in [1.165, 1.54) is 4.90 Å². The molecule has 0 aromatic heterocycles. The number of nitrogens with zero attached hydrogens (tertiary/aromatic N) is 1. The minimum atomic E-state index is -0.685. The monoisotopic (exact) mass is 572 g/mol. The van der Waals surface area contributed by atoms with Crippen LogP contribution in [0.2, 0.25) is 0 Å². The Labute approximate surface area is 245 Å². The van der Waals surface area contributed by atoms with Gasteiger partial charge in [-0.3, -0.25) is 14.4 Å². The summed E-state index contributed by atoms with van der Waals surface area (Å²) in [4.78, 5) is 51.1. The van der Waals surface area contributed by atoms with Crippen LogP contribution in [0.4, 0.5) is 11.4 Å². The first-order chi connectivity index (χ1) is 20.1. The minimum absolute atomic E-state index is 0.00463. The zero-order valence-corrected chi connectivity index (χ0v) is 24.3. The van der Waals surface area contributed by atoms with Crippen molar-refractivity contribution in [3.63, 3.8) is 0 Å². The molecule has 220 valence electrons. The first kappa shape index (κ1) is 30.3. The molecule has 1 aliphatic heterocycles. The van der Waals surface area contributed by atoms with Gasteiger partial charge in [0.2, 0.25) is 5.91 Å². The summed E-state index contributed by atoms with van der Waals surface area (Å²) in [7, 11) is 0. The highest BCUT2D eigenvalue weighted by Gasteiger charge is 2.36. The first-order valence-corrected chi connectivity index (χ1v) is 14.1. The Morgan fingerprint density at radius 3 is 2.36 bits per heavy atom. The molecule has 0 aliphatic carbocycles. The summed E-state index contributed by atoms with van der Waals surface area (Å²) in [5.74, 6) is -0.721. The van der Waals surface area contributed by atoms with Gasteiger partial charge in [-0.1, -0.05) is 32.9 Å². The molecule has 3 aromatic carbocycles. The SMILES string of the molecule is CCCOC(=O)c1ccc(NC(=O)COC(=O)[C@H]2CC(=O)N(c3ccc(Oc4cc(C)ccc4C(C)C)cc3)C2)cc1. The van der Waals surface area contributed by atoms with Crippen molar-refractivity contribution >= 4 is 35.1 Å². The number of hydrogen-bond acceptors (Lipinski definition) is 7. The van der Waals surface area contributed by atoms with Crippen molar-refractivity contribution in [2.75, 3.05) is 30.0 Å². The second-order valence-electron chi connectivity index (χ2n) is 10.6. The van der Waals surface area contributed by atoms with Crippen molar-refractivity contribution in [3.8, 4) is 11.5 Å². The predicted molar refractivity (Wildman–Crippen MR) is 159 cm³/mol. The fourth-order valence-electron chi connectivity index (χ4n) is 4.56. The Morgan fingerprint density at radius 1 is 0.976 bits per heavy atom. The topological polar surface area (TPSA) is 111 Å². The Kier molecular flexibility index (Phi) is 9.96. The highest BCUT2D eigenvalue weighted by atomic mass is 16.5. The molecule has 1 heterocycles. The minimum Gasteiger partial charge on any atom is -0.462 e. The maximum Gasteiger partial charge on any atom is 0.338 e. The van der Waals surface area contributed by atoms with E-state index in [1.807, 2.05) is 19.9 Å². The van der Waals surface area contributed by atoms with Gasteiger partial charge in [-0.25, -0.2) is 4.79 Å². The van der Waals surface area contributed by atoms with E-state index in [2.05, 4.69) is 31.3 Å². The van der Waals surface area contributed by atoms with E-state index in [4.69, 9.17) is 14.2 Å². The van der Waals surface area contributed by atoms with Crippen molar-refractivity contribution in [3.05, 3.63) is 83.4 Å². The van der Waals surface area contributed by atoms with Crippen LogP contribution in [-0.4, -0.2) is 43.5 Å². The molecule has 0 unspecified atom stereocenters. The number of carbonyl (C=O) groups is 4. The van der Waals surface area contributed by atoms with Gasteiger partial charge in [0.25, 0.3) is 5.91 Å². The lowest BCUT2D eigenvalue weighted by Gasteiger charge is -2.18. The number of esters is 2. The number of carbonyl (C=O) groups excluding carboxylic acids is 4. The summed E-state index contributed by atoms with van der Waals surface area (Å²) in [5.41, 5.74) is 3.68. The molecular weight excluding hydrogens is 536 g/mol. The number of ether oxygens (including phenoxy) is 3. The summed E-state index contributed by atoms with van der Waals surface area (Å²) < 4.78 is 16.4. The molecular formula is C33H36N2O7. The van der Waals surface area contributed by atoms with Crippen molar-refractivity contribution < 1.29 is 33.4 Å². The molecule has 3 aromatic rings. The van der Waals surface area contributed by atoms with Gasteiger partial charge in [0, 0.05) is 24.3 Å². The lowest BCUT2D eigenvalue weighted by atomic mass is 10.0. The van der Waals surface area contributed by atoms with E-state index in [9.17, 15) is 19.2 Å². The number of amides is 2. The zero-order chi connectivity index (χ0) is 30.2. The largest absolute Gasteiger partial charge is 0.462 e. The van der Waals surface area contributed by atoms with Crippen molar-refractivity contribution in [2.45, 2.75) is 46.5 Å². The number of nitrogens with one attached hydrogen (secondary N) is 1. The molecule has 1 saturated heterocycles. The fourth-order valence-corrected chi connectivity index (χ4v) is 4.56. The smallest absolute Gasteiger partial charge is 0.338 e. The van der Waals surface area contributed by atoms with E-state index in [0.29, 0.717) is 35.2 Å². The molecule has 1 fully saturated rings. The van der Waals surface area contributed by atoms with Crippen LogP contribution in [0.25, 0.3) is 0 Å². The number of rotatable bonds is 11. The molecule has 4 rings (SSSR count). The lowest BCUT2D eigenvalue weighted by molar-refractivity contribution is -0.151. The normalized spacial score (nSPS) is 14.5. The zero-order valence-electron chi connectivity index (χ0n) is 24.3. The average Bonchev–Trinajstić information content (AvgIpc) is 3.36. The molecule has 0 bridgehead atoms. The van der Waals surface area contributed by atoms with Crippen LogP contribution < -0.4 is 15.0 Å². The average molecular weight is 573 g/mol. The molecule has 2 amide bonds. The van der Waals surface area contributed by atoms with E-state index in [-0.39, 0.29) is 18.9 Å². The number of hydrogen-bond donors (Lipinski definition) is 1. The second kappa shape index (κ2) is 13.8. The van der Waals surface area contributed by atoms with E-state index in [1.54, 1.807) is 48.5 Å². The van der Waals surface area contributed by atoms with Crippen LogP contribution in [0.3, 0.4) is 0 Å². The van der Waals surface area contributed by atoms with E-state index < -0.39 is 30.4 Å². The number of benzene rings is 3. The van der Waals surface area contributed by atoms with E-state index >= 15 is 0 Å². The summed E-state index contributed by atoms with van der Waals surface area (Å²) in [5, 5.41) is 2.62. The molecule has 1 aliphatic rings. The molecule has 0 saturated carbocycles. The molecule has 0 radical (unpaired) electrons. The van der Waals surface area contributed by atoms with E-state index in [0.717, 1.165) is 23.3 Å². The van der Waals surface area contributed by atoms with Crippen LogP contribution in [0, 0.1) is 12.8 Å².